The smallest absolute Gasteiger partial charge is 0.237 e. The van der Waals surface area contributed by atoms with Crippen LogP contribution < -0.4 is 11.1 Å². The molecule has 0 saturated carbocycles. The van der Waals surface area contributed by atoms with Gasteiger partial charge in [0, 0.05) is 30.4 Å². The Kier molecular flexibility index (Phi) is 6.36. The minimum Gasteiger partial charge on any atom is -0.381 e. The van der Waals surface area contributed by atoms with E-state index in [0.29, 0.717) is 6.54 Å². The number of nitrogens with one attached hydrogen (secondary N) is 1. The zero-order valence-corrected chi connectivity index (χ0v) is 12.4. The van der Waals surface area contributed by atoms with Gasteiger partial charge in [0.15, 0.2) is 0 Å². The molecule has 1 amide bonds. The Balaban J connectivity index is 1.64. The Hall–Kier alpha value is -1.04. The SMILES string of the molecule is NC(C(=O)NCCSc1ccccc1)C1CCOCC1. The van der Waals surface area contributed by atoms with Gasteiger partial charge in [-0.3, -0.25) is 4.79 Å². The van der Waals surface area contributed by atoms with Gasteiger partial charge in [0.25, 0.3) is 0 Å². The van der Waals surface area contributed by atoms with E-state index in [1.807, 2.05) is 18.2 Å². The van der Waals surface area contributed by atoms with Gasteiger partial charge in [-0.15, -0.1) is 11.8 Å². The monoisotopic (exact) mass is 294 g/mol. The van der Waals surface area contributed by atoms with Crippen molar-refractivity contribution in [1.82, 2.24) is 5.32 Å². The third-order valence-corrected chi connectivity index (χ3v) is 4.50. The van der Waals surface area contributed by atoms with Gasteiger partial charge < -0.3 is 15.8 Å². The third kappa shape index (κ3) is 4.81. The number of hydrogen-bond acceptors (Lipinski definition) is 4. The molecule has 0 aromatic heterocycles. The summed E-state index contributed by atoms with van der Waals surface area (Å²) in [6.07, 6.45) is 1.76. The van der Waals surface area contributed by atoms with Crippen LogP contribution in [0.3, 0.4) is 0 Å². The van der Waals surface area contributed by atoms with Crippen LogP contribution in [-0.4, -0.2) is 37.5 Å². The molecule has 1 atom stereocenters. The largest absolute Gasteiger partial charge is 0.381 e. The number of thioether (sulfide) groups is 1. The topological polar surface area (TPSA) is 64.4 Å². The maximum Gasteiger partial charge on any atom is 0.237 e. The number of hydrogen-bond donors (Lipinski definition) is 2. The summed E-state index contributed by atoms with van der Waals surface area (Å²) in [6, 6.07) is 9.77. The number of carbonyl (C=O) groups is 1. The molecule has 1 aromatic carbocycles. The van der Waals surface area contributed by atoms with Crippen molar-refractivity contribution in [3.8, 4) is 0 Å². The second-order valence-electron chi connectivity index (χ2n) is 4.93. The lowest BCUT2D eigenvalue weighted by atomic mass is 9.92. The van der Waals surface area contributed by atoms with E-state index in [1.165, 1.54) is 4.90 Å². The third-order valence-electron chi connectivity index (χ3n) is 3.49. The molecule has 1 heterocycles. The highest BCUT2D eigenvalue weighted by molar-refractivity contribution is 7.99. The van der Waals surface area contributed by atoms with E-state index in [-0.39, 0.29) is 11.8 Å². The summed E-state index contributed by atoms with van der Waals surface area (Å²) in [7, 11) is 0. The molecular formula is C15H22N2O2S. The highest BCUT2D eigenvalue weighted by Crippen LogP contribution is 2.18. The Morgan fingerprint density at radius 3 is 2.75 bits per heavy atom. The van der Waals surface area contributed by atoms with Crippen molar-refractivity contribution < 1.29 is 9.53 Å². The van der Waals surface area contributed by atoms with Crippen molar-refractivity contribution in [2.75, 3.05) is 25.5 Å². The molecule has 1 saturated heterocycles. The second kappa shape index (κ2) is 8.29. The van der Waals surface area contributed by atoms with Crippen LogP contribution in [0, 0.1) is 5.92 Å². The van der Waals surface area contributed by atoms with Crippen LogP contribution in [0.1, 0.15) is 12.8 Å². The van der Waals surface area contributed by atoms with E-state index in [1.54, 1.807) is 11.8 Å². The van der Waals surface area contributed by atoms with E-state index in [4.69, 9.17) is 10.5 Å². The molecule has 4 nitrogen and oxygen atoms in total. The normalized spacial score (nSPS) is 17.6. The maximum atomic E-state index is 12.0. The molecule has 2 rings (SSSR count). The standard InChI is InChI=1S/C15H22N2O2S/c16-14(12-6-9-19-10-7-12)15(18)17-8-11-20-13-4-2-1-3-5-13/h1-5,12,14H,6-11,16H2,(H,17,18). The van der Waals surface area contributed by atoms with Crippen LogP contribution >= 0.6 is 11.8 Å². The van der Waals surface area contributed by atoms with Gasteiger partial charge >= 0.3 is 0 Å². The fourth-order valence-corrected chi connectivity index (χ4v) is 3.06. The molecule has 1 aliphatic heterocycles. The number of amides is 1. The summed E-state index contributed by atoms with van der Waals surface area (Å²) in [5, 5.41) is 2.92. The molecule has 0 bridgehead atoms. The summed E-state index contributed by atoms with van der Waals surface area (Å²) in [4.78, 5) is 13.2. The van der Waals surface area contributed by atoms with Crippen molar-refractivity contribution in [3.05, 3.63) is 30.3 Å². The van der Waals surface area contributed by atoms with Crippen molar-refractivity contribution in [1.29, 1.82) is 0 Å². The predicted octanol–water partition coefficient (Wildman–Crippen LogP) is 1.65. The summed E-state index contributed by atoms with van der Waals surface area (Å²) in [5.41, 5.74) is 6.01. The molecule has 1 unspecified atom stereocenters. The molecule has 1 aromatic rings. The first kappa shape index (κ1) is 15.4. The van der Waals surface area contributed by atoms with E-state index >= 15 is 0 Å². The average Bonchev–Trinajstić information content (AvgIpc) is 2.52. The number of nitrogens with two attached hydrogens (primary N) is 1. The van der Waals surface area contributed by atoms with Gasteiger partial charge in [-0.2, -0.15) is 0 Å². The molecule has 1 aliphatic rings. The lowest BCUT2D eigenvalue weighted by molar-refractivity contribution is -0.124. The molecule has 3 N–H and O–H groups in total. The van der Waals surface area contributed by atoms with Gasteiger partial charge in [-0.1, -0.05) is 18.2 Å². The minimum atomic E-state index is -0.402. The summed E-state index contributed by atoms with van der Waals surface area (Å²) < 4.78 is 5.29. The van der Waals surface area contributed by atoms with Crippen molar-refractivity contribution in [3.63, 3.8) is 0 Å². The first-order valence-corrected chi connectivity index (χ1v) is 8.05. The number of carbonyl (C=O) groups excluding carboxylic acids is 1. The molecule has 0 aliphatic carbocycles. The molecule has 110 valence electrons. The van der Waals surface area contributed by atoms with Crippen molar-refractivity contribution >= 4 is 17.7 Å². The van der Waals surface area contributed by atoms with Crippen molar-refractivity contribution in [2.24, 2.45) is 11.7 Å². The van der Waals surface area contributed by atoms with E-state index < -0.39 is 6.04 Å². The molecular weight excluding hydrogens is 272 g/mol. The van der Waals surface area contributed by atoms with Gasteiger partial charge in [0.2, 0.25) is 5.91 Å². The van der Waals surface area contributed by atoms with E-state index in [2.05, 4.69) is 17.4 Å². The first-order valence-electron chi connectivity index (χ1n) is 7.06. The zero-order valence-electron chi connectivity index (χ0n) is 11.6. The fraction of sp³-hybridized carbons (Fsp3) is 0.533. The first-order chi connectivity index (χ1) is 9.77. The second-order valence-corrected chi connectivity index (χ2v) is 6.10. The van der Waals surface area contributed by atoms with Gasteiger partial charge in [0.1, 0.15) is 0 Å². The highest BCUT2D eigenvalue weighted by atomic mass is 32.2. The lowest BCUT2D eigenvalue weighted by Crippen LogP contribution is -2.47. The van der Waals surface area contributed by atoms with Crippen LogP contribution in [0.15, 0.2) is 35.2 Å². The van der Waals surface area contributed by atoms with Crippen LogP contribution in [0.2, 0.25) is 0 Å². The maximum absolute atomic E-state index is 12.0. The summed E-state index contributed by atoms with van der Waals surface area (Å²) in [6.45, 7) is 2.08. The van der Waals surface area contributed by atoms with Crippen LogP contribution in [0.4, 0.5) is 0 Å². The van der Waals surface area contributed by atoms with Crippen molar-refractivity contribution in [2.45, 2.75) is 23.8 Å². The number of ether oxygens (including phenoxy) is 1. The minimum absolute atomic E-state index is 0.0365. The van der Waals surface area contributed by atoms with Gasteiger partial charge in [-0.25, -0.2) is 0 Å². The van der Waals surface area contributed by atoms with Gasteiger partial charge in [0.05, 0.1) is 6.04 Å². The van der Waals surface area contributed by atoms with Gasteiger partial charge in [-0.05, 0) is 30.9 Å². The number of benzene rings is 1. The molecule has 0 spiro atoms. The Labute approximate surface area is 124 Å². The van der Waals surface area contributed by atoms with E-state index in [0.717, 1.165) is 31.8 Å². The highest BCUT2D eigenvalue weighted by Gasteiger charge is 2.26. The Bertz CT molecular complexity index is 408. The fourth-order valence-electron chi connectivity index (χ4n) is 2.27. The predicted molar refractivity (Wildman–Crippen MR) is 81.7 cm³/mol. The Morgan fingerprint density at radius 1 is 1.35 bits per heavy atom. The quantitative estimate of drug-likeness (QED) is 0.618. The molecule has 20 heavy (non-hydrogen) atoms. The number of rotatable bonds is 6. The lowest BCUT2D eigenvalue weighted by Gasteiger charge is -2.26. The van der Waals surface area contributed by atoms with Crippen LogP contribution in [-0.2, 0) is 9.53 Å². The zero-order chi connectivity index (χ0) is 14.2. The molecule has 5 heteroatoms. The summed E-state index contributed by atoms with van der Waals surface area (Å²) in [5.74, 6) is 1.08. The average molecular weight is 294 g/mol. The van der Waals surface area contributed by atoms with Crippen LogP contribution in [0.25, 0.3) is 0 Å². The summed E-state index contributed by atoms with van der Waals surface area (Å²) >= 11 is 1.73. The Morgan fingerprint density at radius 2 is 2.05 bits per heavy atom. The van der Waals surface area contributed by atoms with Crippen LogP contribution in [0.5, 0.6) is 0 Å². The van der Waals surface area contributed by atoms with E-state index in [9.17, 15) is 4.79 Å². The molecule has 0 radical (unpaired) electrons. The molecule has 1 fully saturated rings.